The van der Waals surface area contributed by atoms with Gasteiger partial charge in [-0.3, -0.25) is 0 Å². The van der Waals surface area contributed by atoms with Crippen LogP contribution in [0.15, 0.2) is 12.1 Å². The summed E-state index contributed by atoms with van der Waals surface area (Å²) in [6.07, 6.45) is 0. The largest absolute Gasteiger partial charge is 0.504 e. The third-order valence-corrected chi connectivity index (χ3v) is 2.61. The summed E-state index contributed by atoms with van der Waals surface area (Å²) in [6.45, 7) is 10.0. The summed E-state index contributed by atoms with van der Waals surface area (Å²) in [6, 6.07) is 3.78. The Bertz CT molecular complexity index is 360. The molecule has 1 aromatic carbocycles. The molecule has 0 atom stereocenters. The maximum Gasteiger partial charge on any atom is 0.161 e. The Morgan fingerprint density at radius 1 is 1.00 bits per heavy atom. The van der Waals surface area contributed by atoms with Gasteiger partial charge in [0.2, 0.25) is 0 Å². The number of hydrogen-bond acceptors (Lipinski definition) is 2. The minimum absolute atomic E-state index is 0.0219. The van der Waals surface area contributed by atoms with E-state index in [1.54, 1.807) is 0 Å². The maximum absolute atomic E-state index is 9.91. The first-order valence-corrected chi connectivity index (χ1v) is 5.30. The fraction of sp³-hybridized carbons (Fsp3) is 0.538. The SMILES string of the molecule is CC(C)c1ccc(C(C)(C)C)c(O)c1O. The van der Waals surface area contributed by atoms with Gasteiger partial charge in [0.25, 0.3) is 0 Å². The van der Waals surface area contributed by atoms with Crippen molar-refractivity contribution in [1.29, 1.82) is 0 Å². The summed E-state index contributed by atoms with van der Waals surface area (Å²) in [7, 11) is 0. The Labute approximate surface area is 91.6 Å². The van der Waals surface area contributed by atoms with Gasteiger partial charge in [-0.15, -0.1) is 0 Å². The molecular weight excluding hydrogens is 188 g/mol. The maximum atomic E-state index is 9.91. The number of benzene rings is 1. The minimum Gasteiger partial charge on any atom is -0.504 e. The molecule has 2 N–H and O–H groups in total. The van der Waals surface area contributed by atoms with Crippen LogP contribution in [0.2, 0.25) is 0 Å². The van der Waals surface area contributed by atoms with Crippen molar-refractivity contribution in [3.05, 3.63) is 23.3 Å². The van der Waals surface area contributed by atoms with Crippen molar-refractivity contribution in [1.82, 2.24) is 0 Å². The highest BCUT2D eigenvalue weighted by Crippen LogP contribution is 2.41. The number of aromatic hydroxyl groups is 2. The van der Waals surface area contributed by atoms with Crippen LogP contribution in [-0.4, -0.2) is 10.2 Å². The molecular formula is C13H20O2. The van der Waals surface area contributed by atoms with Gasteiger partial charge >= 0.3 is 0 Å². The van der Waals surface area contributed by atoms with Gasteiger partial charge in [0.15, 0.2) is 11.5 Å². The monoisotopic (exact) mass is 208 g/mol. The number of phenolic OH excluding ortho intramolecular Hbond substituents is 2. The Hall–Kier alpha value is -1.18. The van der Waals surface area contributed by atoms with E-state index in [1.807, 2.05) is 46.8 Å². The molecule has 0 saturated heterocycles. The average Bonchev–Trinajstić information content (AvgIpc) is 2.06. The van der Waals surface area contributed by atoms with Crippen molar-refractivity contribution in [3.63, 3.8) is 0 Å². The third-order valence-electron chi connectivity index (χ3n) is 2.61. The molecule has 0 aliphatic carbocycles. The van der Waals surface area contributed by atoms with E-state index in [1.165, 1.54) is 0 Å². The van der Waals surface area contributed by atoms with Crippen LogP contribution >= 0.6 is 0 Å². The van der Waals surface area contributed by atoms with E-state index in [0.717, 1.165) is 11.1 Å². The van der Waals surface area contributed by atoms with Gasteiger partial charge in [-0.25, -0.2) is 0 Å². The first-order chi connectivity index (χ1) is 6.75. The lowest BCUT2D eigenvalue weighted by atomic mass is 9.84. The van der Waals surface area contributed by atoms with Crippen molar-refractivity contribution < 1.29 is 10.2 Å². The fourth-order valence-electron chi connectivity index (χ4n) is 1.67. The van der Waals surface area contributed by atoms with E-state index < -0.39 is 0 Å². The molecule has 0 radical (unpaired) electrons. The molecule has 0 aliphatic rings. The number of rotatable bonds is 1. The van der Waals surface area contributed by atoms with Crippen LogP contribution in [0, 0.1) is 0 Å². The highest BCUT2D eigenvalue weighted by Gasteiger charge is 2.22. The van der Waals surface area contributed by atoms with Crippen molar-refractivity contribution in [2.24, 2.45) is 0 Å². The van der Waals surface area contributed by atoms with Crippen LogP contribution in [0.4, 0.5) is 0 Å². The molecule has 0 spiro atoms. The zero-order valence-corrected chi connectivity index (χ0v) is 10.1. The second-order valence-electron chi connectivity index (χ2n) is 5.30. The van der Waals surface area contributed by atoms with Crippen LogP contribution in [0.1, 0.15) is 51.7 Å². The van der Waals surface area contributed by atoms with E-state index in [2.05, 4.69) is 0 Å². The van der Waals surface area contributed by atoms with Gasteiger partial charge in [0.05, 0.1) is 0 Å². The quantitative estimate of drug-likeness (QED) is 0.693. The molecule has 0 fully saturated rings. The lowest BCUT2D eigenvalue weighted by Gasteiger charge is -2.22. The molecule has 2 nitrogen and oxygen atoms in total. The molecule has 1 rings (SSSR count). The van der Waals surface area contributed by atoms with E-state index in [4.69, 9.17) is 0 Å². The Morgan fingerprint density at radius 2 is 1.53 bits per heavy atom. The van der Waals surface area contributed by atoms with Crippen molar-refractivity contribution in [3.8, 4) is 11.5 Å². The van der Waals surface area contributed by atoms with Crippen molar-refractivity contribution >= 4 is 0 Å². The van der Waals surface area contributed by atoms with Crippen molar-refractivity contribution in [2.45, 2.75) is 46.0 Å². The number of hydrogen-bond donors (Lipinski definition) is 2. The van der Waals surface area contributed by atoms with Gasteiger partial charge in [0.1, 0.15) is 0 Å². The highest BCUT2D eigenvalue weighted by atomic mass is 16.3. The lowest BCUT2D eigenvalue weighted by Crippen LogP contribution is -2.11. The first kappa shape index (κ1) is 11.9. The van der Waals surface area contributed by atoms with Gasteiger partial charge in [-0.05, 0) is 11.3 Å². The van der Waals surface area contributed by atoms with E-state index in [0.29, 0.717) is 0 Å². The zero-order valence-electron chi connectivity index (χ0n) is 10.1. The molecule has 0 aliphatic heterocycles. The van der Waals surface area contributed by atoms with Crippen molar-refractivity contribution in [2.75, 3.05) is 0 Å². The van der Waals surface area contributed by atoms with Gasteiger partial charge in [-0.1, -0.05) is 46.8 Å². The standard InChI is InChI=1S/C13H20O2/c1-8(2)9-6-7-10(13(3,4)5)12(15)11(9)14/h6-8,14-15H,1-5H3. The highest BCUT2D eigenvalue weighted by molar-refractivity contribution is 5.53. The molecule has 0 amide bonds. The van der Waals surface area contributed by atoms with E-state index in [-0.39, 0.29) is 22.8 Å². The minimum atomic E-state index is -0.156. The normalized spacial score (nSPS) is 12.1. The predicted octanol–water partition coefficient (Wildman–Crippen LogP) is 3.52. The van der Waals surface area contributed by atoms with E-state index >= 15 is 0 Å². The van der Waals surface area contributed by atoms with E-state index in [9.17, 15) is 10.2 Å². The topological polar surface area (TPSA) is 40.5 Å². The molecule has 84 valence electrons. The number of phenols is 2. The summed E-state index contributed by atoms with van der Waals surface area (Å²) < 4.78 is 0. The molecule has 0 heterocycles. The van der Waals surface area contributed by atoms with Crippen LogP contribution < -0.4 is 0 Å². The van der Waals surface area contributed by atoms with Crippen LogP contribution in [0.5, 0.6) is 11.5 Å². The van der Waals surface area contributed by atoms with Gasteiger partial charge in [0, 0.05) is 11.1 Å². The van der Waals surface area contributed by atoms with Crippen LogP contribution in [0.25, 0.3) is 0 Å². The molecule has 0 bridgehead atoms. The average molecular weight is 208 g/mol. The molecule has 2 heteroatoms. The molecule has 0 aromatic heterocycles. The Kier molecular flexibility index (Phi) is 2.98. The Morgan fingerprint density at radius 3 is 1.93 bits per heavy atom. The molecule has 0 saturated carbocycles. The molecule has 15 heavy (non-hydrogen) atoms. The zero-order chi connectivity index (χ0) is 11.8. The van der Waals surface area contributed by atoms with Gasteiger partial charge < -0.3 is 10.2 Å². The predicted molar refractivity (Wildman–Crippen MR) is 62.6 cm³/mol. The van der Waals surface area contributed by atoms with Crippen LogP contribution in [-0.2, 0) is 5.41 Å². The second kappa shape index (κ2) is 3.76. The van der Waals surface area contributed by atoms with Gasteiger partial charge in [-0.2, -0.15) is 0 Å². The summed E-state index contributed by atoms with van der Waals surface area (Å²) >= 11 is 0. The second-order valence-corrected chi connectivity index (χ2v) is 5.30. The summed E-state index contributed by atoms with van der Waals surface area (Å²) in [5.74, 6) is 0.260. The van der Waals surface area contributed by atoms with Crippen LogP contribution in [0.3, 0.4) is 0 Å². The fourth-order valence-corrected chi connectivity index (χ4v) is 1.67. The summed E-state index contributed by atoms with van der Waals surface area (Å²) in [4.78, 5) is 0. The summed E-state index contributed by atoms with van der Waals surface area (Å²) in [5.41, 5.74) is 1.42. The molecule has 0 unspecified atom stereocenters. The third kappa shape index (κ3) is 2.25. The lowest BCUT2D eigenvalue weighted by molar-refractivity contribution is 0.383. The summed E-state index contributed by atoms with van der Waals surface area (Å²) in [5, 5.41) is 19.8. The first-order valence-electron chi connectivity index (χ1n) is 5.30. The molecule has 1 aromatic rings. The Balaban J connectivity index is 3.34. The smallest absolute Gasteiger partial charge is 0.161 e.